The van der Waals surface area contributed by atoms with E-state index in [1.54, 1.807) is 0 Å². The van der Waals surface area contributed by atoms with Gasteiger partial charge in [-0.05, 0) is 42.9 Å². The zero-order valence-corrected chi connectivity index (χ0v) is 11.4. The average Bonchev–Trinajstić information content (AvgIpc) is 2.80. The van der Waals surface area contributed by atoms with Gasteiger partial charge in [-0.2, -0.15) is 0 Å². The Balaban J connectivity index is 2.16. The van der Waals surface area contributed by atoms with Crippen LogP contribution in [0.15, 0.2) is 24.3 Å². The molecule has 0 saturated heterocycles. The molecular weight excluding hydrogens is 224 g/mol. The van der Waals surface area contributed by atoms with E-state index < -0.39 is 0 Å². The highest BCUT2D eigenvalue weighted by Gasteiger charge is 2.37. The fraction of sp³-hybridized carbons (Fsp3) is 0.600. The lowest BCUT2D eigenvalue weighted by Crippen LogP contribution is -2.38. The first-order valence-corrected chi connectivity index (χ1v) is 6.88. The number of nitrogens with one attached hydrogen (secondary N) is 1. The van der Waals surface area contributed by atoms with Crippen molar-refractivity contribution in [2.75, 3.05) is 6.61 Å². The van der Waals surface area contributed by atoms with Crippen LogP contribution in [0, 0.1) is 5.41 Å². The summed E-state index contributed by atoms with van der Waals surface area (Å²) in [6.07, 6.45) is 5.11. The summed E-state index contributed by atoms with van der Waals surface area (Å²) in [4.78, 5) is 0. The van der Waals surface area contributed by atoms with Gasteiger partial charge in [-0.25, -0.2) is 0 Å². The van der Waals surface area contributed by atoms with E-state index in [1.165, 1.54) is 31.2 Å². The third-order valence-corrected chi connectivity index (χ3v) is 4.13. The predicted octanol–water partition coefficient (Wildman–Crippen LogP) is 3.17. The van der Waals surface area contributed by atoms with E-state index in [2.05, 4.69) is 24.5 Å². The van der Waals surface area contributed by atoms with Crippen molar-refractivity contribution in [3.05, 3.63) is 29.8 Å². The van der Waals surface area contributed by atoms with Gasteiger partial charge in [0.1, 0.15) is 5.75 Å². The van der Waals surface area contributed by atoms with Crippen molar-refractivity contribution in [2.45, 2.75) is 45.6 Å². The molecule has 1 aliphatic rings. The summed E-state index contributed by atoms with van der Waals surface area (Å²) in [7, 11) is 0. The van der Waals surface area contributed by atoms with Gasteiger partial charge in [0.05, 0.1) is 12.6 Å². The molecule has 0 aromatic heterocycles. The summed E-state index contributed by atoms with van der Waals surface area (Å²) in [6.45, 7) is 5.04. The molecule has 1 aromatic carbocycles. The second-order valence-corrected chi connectivity index (χ2v) is 5.46. The smallest absolute Gasteiger partial charge is 0.119 e. The lowest BCUT2D eigenvalue weighted by Gasteiger charge is -2.34. The summed E-state index contributed by atoms with van der Waals surface area (Å²) >= 11 is 0. The lowest BCUT2D eigenvalue weighted by molar-refractivity contribution is 0.225. The molecule has 0 heterocycles. The molecule has 1 aromatic rings. The third-order valence-electron chi connectivity index (χ3n) is 4.13. The topological polar surface area (TPSA) is 47.3 Å². The predicted molar refractivity (Wildman–Crippen MR) is 74.3 cm³/mol. The molecule has 1 fully saturated rings. The van der Waals surface area contributed by atoms with E-state index >= 15 is 0 Å². The second-order valence-electron chi connectivity index (χ2n) is 5.46. The number of nitrogens with two attached hydrogens (primary N) is 1. The third kappa shape index (κ3) is 2.68. The van der Waals surface area contributed by atoms with Crippen LogP contribution in [0.2, 0.25) is 0 Å². The fourth-order valence-corrected chi connectivity index (χ4v) is 3.09. The summed E-state index contributed by atoms with van der Waals surface area (Å²) in [5, 5.41) is 0. The van der Waals surface area contributed by atoms with Gasteiger partial charge >= 0.3 is 0 Å². The van der Waals surface area contributed by atoms with Gasteiger partial charge in [0.15, 0.2) is 0 Å². The van der Waals surface area contributed by atoms with Gasteiger partial charge in [0, 0.05) is 0 Å². The van der Waals surface area contributed by atoms with Crippen molar-refractivity contribution in [1.82, 2.24) is 5.43 Å². The van der Waals surface area contributed by atoms with E-state index in [9.17, 15) is 0 Å². The number of hydrazine groups is 1. The van der Waals surface area contributed by atoms with Crippen LogP contribution >= 0.6 is 0 Å². The van der Waals surface area contributed by atoms with E-state index in [1.807, 2.05) is 19.1 Å². The van der Waals surface area contributed by atoms with Crippen LogP contribution in [-0.4, -0.2) is 6.61 Å². The first-order chi connectivity index (χ1) is 8.69. The molecule has 0 radical (unpaired) electrons. The van der Waals surface area contributed by atoms with Crippen LogP contribution in [0.25, 0.3) is 0 Å². The molecule has 1 saturated carbocycles. The fourth-order valence-electron chi connectivity index (χ4n) is 3.09. The van der Waals surface area contributed by atoms with Gasteiger partial charge in [-0.15, -0.1) is 0 Å². The van der Waals surface area contributed by atoms with Crippen LogP contribution in [-0.2, 0) is 0 Å². The zero-order chi connectivity index (χ0) is 13.0. The Morgan fingerprint density at radius 2 is 1.89 bits per heavy atom. The van der Waals surface area contributed by atoms with E-state index in [0.29, 0.717) is 6.61 Å². The monoisotopic (exact) mass is 248 g/mol. The second kappa shape index (κ2) is 5.72. The first kappa shape index (κ1) is 13.4. The van der Waals surface area contributed by atoms with E-state index in [-0.39, 0.29) is 11.5 Å². The molecule has 0 bridgehead atoms. The molecule has 1 unspecified atom stereocenters. The number of hydrogen-bond donors (Lipinski definition) is 2. The molecule has 100 valence electrons. The van der Waals surface area contributed by atoms with Crippen LogP contribution in [0.3, 0.4) is 0 Å². The molecule has 1 atom stereocenters. The van der Waals surface area contributed by atoms with E-state index in [4.69, 9.17) is 10.6 Å². The van der Waals surface area contributed by atoms with Crippen molar-refractivity contribution in [1.29, 1.82) is 0 Å². The van der Waals surface area contributed by atoms with Crippen molar-refractivity contribution in [3.8, 4) is 5.75 Å². The van der Waals surface area contributed by atoms with Crippen LogP contribution in [0.4, 0.5) is 0 Å². The standard InChI is InChI=1S/C15H24N2O/c1-3-18-13-8-6-12(7-9-13)14(17-16)15(2)10-4-5-11-15/h6-9,14,17H,3-5,10-11,16H2,1-2H3. The number of ether oxygens (including phenoxy) is 1. The van der Waals surface area contributed by atoms with Crippen LogP contribution in [0.5, 0.6) is 5.75 Å². The minimum atomic E-state index is 0.232. The molecule has 0 amide bonds. The van der Waals surface area contributed by atoms with E-state index in [0.717, 1.165) is 5.75 Å². The quantitative estimate of drug-likeness (QED) is 0.621. The maximum absolute atomic E-state index is 5.79. The van der Waals surface area contributed by atoms with Gasteiger partial charge < -0.3 is 4.74 Å². The summed E-state index contributed by atoms with van der Waals surface area (Å²) < 4.78 is 5.47. The van der Waals surface area contributed by atoms with Gasteiger partial charge in [0.25, 0.3) is 0 Å². The minimum absolute atomic E-state index is 0.232. The SMILES string of the molecule is CCOc1ccc(C(NN)C2(C)CCCC2)cc1. The Morgan fingerprint density at radius 3 is 2.39 bits per heavy atom. The van der Waals surface area contributed by atoms with Crippen molar-refractivity contribution in [3.63, 3.8) is 0 Å². The van der Waals surface area contributed by atoms with Gasteiger partial charge in [-0.1, -0.05) is 31.9 Å². The first-order valence-electron chi connectivity index (χ1n) is 6.88. The number of rotatable bonds is 5. The lowest BCUT2D eigenvalue weighted by atomic mass is 9.77. The molecule has 0 aliphatic heterocycles. The maximum Gasteiger partial charge on any atom is 0.119 e. The Bertz CT molecular complexity index is 369. The average molecular weight is 248 g/mol. The highest BCUT2D eigenvalue weighted by Crippen LogP contribution is 2.46. The highest BCUT2D eigenvalue weighted by molar-refractivity contribution is 5.30. The normalized spacial score (nSPS) is 19.7. The van der Waals surface area contributed by atoms with Gasteiger partial charge in [-0.3, -0.25) is 11.3 Å². The Kier molecular flexibility index (Phi) is 4.25. The molecule has 18 heavy (non-hydrogen) atoms. The van der Waals surface area contributed by atoms with Crippen molar-refractivity contribution >= 4 is 0 Å². The van der Waals surface area contributed by atoms with Crippen LogP contribution in [0.1, 0.15) is 51.1 Å². The maximum atomic E-state index is 5.79. The van der Waals surface area contributed by atoms with Crippen molar-refractivity contribution < 1.29 is 4.74 Å². The Hall–Kier alpha value is -1.06. The zero-order valence-electron chi connectivity index (χ0n) is 11.4. The Morgan fingerprint density at radius 1 is 1.28 bits per heavy atom. The summed E-state index contributed by atoms with van der Waals surface area (Å²) in [5.74, 6) is 6.71. The molecule has 1 aliphatic carbocycles. The van der Waals surface area contributed by atoms with Gasteiger partial charge in [0.2, 0.25) is 0 Å². The Labute approximate surface area is 110 Å². The molecule has 0 spiro atoms. The van der Waals surface area contributed by atoms with Crippen molar-refractivity contribution in [2.24, 2.45) is 11.3 Å². The molecule has 3 N–H and O–H groups in total. The summed E-state index contributed by atoms with van der Waals surface area (Å²) in [6, 6.07) is 8.54. The summed E-state index contributed by atoms with van der Waals surface area (Å²) in [5.41, 5.74) is 4.55. The largest absolute Gasteiger partial charge is 0.494 e. The number of benzene rings is 1. The minimum Gasteiger partial charge on any atom is -0.494 e. The molecule has 2 rings (SSSR count). The number of hydrogen-bond acceptors (Lipinski definition) is 3. The molecule has 3 heteroatoms. The highest BCUT2D eigenvalue weighted by atomic mass is 16.5. The molecular formula is C15H24N2O. The van der Waals surface area contributed by atoms with Crippen LogP contribution < -0.4 is 16.0 Å². The molecule has 3 nitrogen and oxygen atoms in total.